The van der Waals surface area contributed by atoms with Gasteiger partial charge >= 0.3 is 0 Å². The Bertz CT molecular complexity index is 398. The molecule has 7 heteroatoms. The van der Waals surface area contributed by atoms with Gasteiger partial charge in [0.1, 0.15) is 5.82 Å². The molecule has 1 aromatic rings. The van der Waals surface area contributed by atoms with Crippen molar-refractivity contribution in [1.82, 2.24) is 4.98 Å². The van der Waals surface area contributed by atoms with Crippen LogP contribution in [-0.4, -0.2) is 41.4 Å². The van der Waals surface area contributed by atoms with Gasteiger partial charge in [0.2, 0.25) is 0 Å². The number of nitrogens with zero attached hydrogens (tertiary/aromatic N) is 2. The number of aromatic nitrogens is 1. The number of anilines is 1. The summed E-state index contributed by atoms with van der Waals surface area (Å²) in [5.41, 5.74) is 0.598. The first kappa shape index (κ1) is 14.3. The second kappa shape index (κ2) is 7.57. The van der Waals surface area contributed by atoms with Crippen molar-refractivity contribution in [3.63, 3.8) is 0 Å². The van der Waals surface area contributed by atoms with Crippen LogP contribution in [0.5, 0.6) is 0 Å². The highest BCUT2D eigenvalue weighted by molar-refractivity contribution is 5.48. The fourth-order valence-corrected chi connectivity index (χ4v) is 1.36. The van der Waals surface area contributed by atoms with Crippen molar-refractivity contribution in [2.75, 3.05) is 31.7 Å². The van der Waals surface area contributed by atoms with Crippen molar-refractivity contribution in [3.8, 4) is 0 Å². The molecule has 1 aromatic heterocycles. The largest absolute Gasteiger partial charge is 0.394 e. The van der Waals surface area contributed by atoms with Crippen LogP contribution >= 0.6 is 0 Å². The van der Waals surface area contributed by atoms with Gasteiger partial charge in [-0.15, -0.1) is 0 Å². The van der Waals surface area contributed by atoms with Crippen molar-refractivity contribution in [3.05, 3.63) is 27.9 Å². The average molecular weight is 255 g/mol. The number of nitro groups is 1. The molecule has 0 aliphatic carbocycles. The highest BCUT2D eigenvalue weighted by Crippen LogP contribution is 2.19. The highest BCUT2D eigenvalue weighted by Gasteiger charge is 2.11. The fourth-order valence-electron chi connectivity index (χ4n) is 1.36. The molecule has 7 nitrogen and oxygen atoms in total. The van der Waals surface area contributed by atoms with Gasteiger partial charge in [0.15, 0.2) is 0 Å². The molecule has 0 aromatic carbocycles. The first-order valence-corrected chi connectivity index (χ1v) is 5.68. The third-order valence-corrected chi connectivity index (χ3v) is 2.28. The minimum Gasteiger partial charge on any atom is -0.394 e. The lowest BCUT2D eigenvalue weighted by atomic mass is 10.2. The number of pyridine rings is 1. The zero-order valence-corrected chi connectivity index (χ0v) is 10.3. The number of hydrogen-bond acceptors (Lipinski definition) is 6. The van der Waals surface area contributed by atoms with Gasteiger partial charge in [0, 0.05) is 24.9 Å². The topological polar surface area (TPSA) is 97.5 Å². The number of ether oxygens (including phenoxy) is 1. The average Bonchev–Trinajstić information content (AvgIpc) is 2.35. The summed E-state index contributed by atoms with van der Waals surface area (Å²) >= 11 is 0. The standard InChI is InChI=1S/C11H17N3O4/c1-9-8-13-11(7-10(9)14(16)17)12-3-2-5-18-6-4-15/h7-8,15H,2-6H2,1H3,(H,12,13). The summed E-state index contributed by atoms with van der Waals surface area (Å²) in [7, 11) is 0. The van der Waals surface area contributed by atoms with E-state index in [0.29, 0.717) is 31.1 Å². The number of rotatable bonds is 8. The van der Waals surface area contributed by atoms with Crippen LogP contribution in [-0.2, 0) is 4.74 Å². The van der Waals surface area contributed by atoms with Crippen LogP contribution in [0.15, 0.2) is 12.3 Å². The molecule has 1 rings (SSSR count). The number of nitrogens with one attached hydrogen (secondary N) is 1. The zero-order valence-electron chi connectivity index (χ0n) is 10.3. The van der Waals surface area contributed by atoms with Gasteiger partial charge in [0.25, 0.3) is 5.69 Å². The molecule has 0 bridgehead atoms. The smallest absolute Gasteiger partial charge is 0.277 e. The van der Waals surface area contributed by atoms with E-state index in [0.717, 1.165) is 6.42 Å². The van der Waals surface area contributed by atoms with E-state index in [1.54, 1.807) is 6.92 Å². The molecular formula is C11H17N3O4. The lowest BCUT2D eigenvalue weighted by Gasteiger charge is -2.06. The summed E-state index contributed by atoms with van der Waals surface area (Å²) in [4.78, 5) is 14.4. The maximum absolute atomic E-state index is 10.7. The van der Waals surface area contributed by atoms with Crippen molar-refractivity contribution < 1.29 is 14.8 Å². The summed E-state index contributed by atoms with van der Waals surface area (Å²) < 4.78 is 5.08. The zero-order chi connectivity index (χ0) is 13.4. The predicted octanol–water partition coefficient (Wildman–Crippen LogP) is 1.11. The van der Waals surface area contributed by atoms with Gasteiger partial charge in [-0.25, -0.2) is 4.98 Å². The molecule has 0 aliphatic heterocycles. The molecule has 0 aliphatic rings. The molecule has 1 heterocycles. The van der Waals surface area contributed by atoms with Crippen LogP contribution < -0.4 is 5.32 Å². The monoisotopic (exact) mass is 255 g/mol. The molecule has 0 unspecified atom stereocenters. The maximum Gasteiger partial charge on any atom is 0.277 e. The first-order valence-electron chi connectivity index (χ1n) is 5.68. The highest BCUT2D eigenvalue weighted by atomic mass is 16.6. The van der Waals surface area contributed by atoms with E-state index in [9.17, 15) is 10.1 Å². The van der Waals surface area contributed by atoms with Crippen LogP contribution in [0, 0.1) is 17.0 Å². The van der Waals surface area contributed by atoms with Crippen LogP contribution in [0.4, 0.5) is 11.5 Å². The third-order valence-electron chi connectivity index (χ3n) is 2.28. The van der Waals surface area contributed by atoms with Crippen LogP contribution in [0.25, 0.3) is 0 Å². The molecular weight excluding hydrogens is 238 g/mol. The van der Waals surface area contributed by atoms with Gasteiger partial charge in [-0.1, -0.05) is 0 Å². The Morgan fingerprint density at radius 3 is 3.00 bits per heavy atom. The molecule has 18 heavy (non-hydrogen) atoms. The van der Waals surface area contributed by atoms with Crippen LogP contribution in [0.2, 0.25) is 0 Å². The summed E-state index contributed by atoms with van der Waals surface area (Å²) in [6, 6.07) is 1.42. The second-order valence-electron chi connectivity index (χ2n) is 3.73. The molecule has 2 N–H and O–H groups in total. The summed E-state index contributed by atoms with van der Waals surface area (Å²) in [5.74, 6) is 0.481. The Labute approximate surface area is 105 Å². The Morgan fingerprint density at radius 2 is 2.33 bits per heavy atom. The van der Waals surface area contributed by atoms with Gasteiger partial charge in [-0.2, -0.15) is 0 Å². The van der Waals surface area contributed by atoms with Crippen LogP contribution in [0.3, 0.4) is 0 Å². The lowest BCUT2D eigenvalue weighted by Crippen LogP contribution is -2.08. The summed E-state index contributed by atoms with van der Waals surface area (Å²) in [6.07, 6.45) is 2.21. The van der Waals surface area contributed by atoms with E-state index in [-0.39, 0.29) is 12.3 Å². The van der Waals surface area contributed by atoms with E-state index >= 15 is 0 Å². The van der Waals surface area contributed by atoms with Crippen molar-refractivity contribution in [1.29, 1.82) is 0 Å². The van der Waals surface area contributed by atoms with E-state index in [4.69, 9.17) is 9.84 Å². The number of aryl methyl sites for hydroxylation is 1. The molecule has 0 fully saturated rings. The summed E-state index contributed by atoms with van der Waals surface area (Å²) in [5, 5.41) is 22.2. The Morgan fingerprint density at radius 1 is 1.56 bits per heavy atom. The van der Waals surface area contributed by atoms with Crippen molar-refractivity contribution in [2.45, 2.75) is 13.3 Å². The number of aliphatic hydroxyl groups is 1. The molecule has 0 radical (unpaired) electrons. The molecule has 100 valence electrons. The minimum atomic E-state index is -0.424. The Balaban J connectivity index is 2.38. The van der Waals surface area contributed by atoms with Crippen molar-refractivity contribution >= 4 is 11.5 Å². The van der Waals surface area contributed by atoms with E-state index < -0.39 is 4.92 Å². The van der Waals surface area contributed by atoms with E-state index in [2.05, 4.69) is 10.3 Å². The molecule has 0 saturated heterocycles. The van der Waals surface area contributed by atoms with Crippen LogP contribution in [0.1, 0.15) is 12.0 Å². The van der Waals surface area contributed by atoms with Gasteiger partial charge in [-0.3, -0.25) is 10.1 Å². The lowest BCUT2D eigenvalue weighted by molar-refractivity contribution is -0.385. The van der Waals surface area contributed by atoms with Gasteiger partial charge in [-0.05, 0) is 13.3 Å². The molecule has 0 spiro atoms. The van der Waals surface area contributed by atoms with Gasteiger partial charge in [0.05, 0.1) is 24.2 Å². The first-order chi connectivity index (χ1) is 8.65. The van der Waals surface area contributed by atoms with Gasteiger partial charge < -0.3 is 15.2 Å². The maximum atomic E-state index is 10.7. The molecule has 0 atom stereocenters. The van der Waals surface area contributed by atoms with Crippen molar-refractivity contribution in [2.24, 2.45) is 0 Å². The Kier molecular flexibility index (Phi) is 6.03. The number of aliphatic hydroxyl groups excluding tert-OH is 1. The quantitative estimate of drug-likeness (QED) is 0.410. The minimum absolute atomic E-state index is 0.0130. The molecule has 0 amide bonds. The summed E-state index contributed by atoms with van der Waals surface area (Å²) in [6.45, 7) is 3.13. The third kappa shape index (κ3) is 4.64. The second-order valence-corrected chi connectivity index (χ2v) is 3.73. The normalized spacial score (nSPS) is 10.3. The molecule has 0 saturated carbocycles. The fraction of sp³-hybridized carbons (Fsp3) is 0.545. The predicted molar refractivity (Wildman–Crippen MR) is 66.6 cm³/mol. The van der Waals surface area contributed by atoms with E-state index in [1.165, 1.54) is 12.3 Å². The number of hydrogen-bond donors (Lipinski definition) is 2. The SMILES string of the molecule is Cc1cnc(NCCCOCCO)cc1[N+](=O)[O-]. The Hall–Kier alpha value is -1.73. The van der Waals surface area contributed by atoms with E-state index in [1.807, 2.05) is 0 Å².